The summed E-state index contributed by atoms with van der Waals surface area (Å²) in [5, 5.41) is 0.879. The maximum Gasteiger partial charge on any atom is 0.163 e. The third-order valence-electron chi connectivity index (χ3n) is 3.55. The molecule has 0 spiro atoms. The van der Waals surface area contributed by atoms with Crippen molar-refractivity contribution in [2.75, 3.05) is 7.11 Å². The quantitative estimate of drug-likeness (QED) is 0.616. The molecule has 4 aromatic rings. The molecule has 0 saturated carbocycles. The van der Waals surface area contributed by atoms with Crippen molar-refractivity contribution in [3.05, 3.63) is 48.7 Å². The van der Waals surface area contributed by atoms with Crippen LogP contribution in [-0.4, -0.2) is 27.0 Å². The minimum absolute atomic E-state index is 0.305. The fourth-order valence-corrected chi connectivity index (χ4v) is 2.45. The van der Waals surface area contributed by atoms with Crippen molar-refractivity contribution in [1.29, 1.82) is 0 Å². The molecule has 1 aromatic carbocycles. The van der Waals surface area contributed by atoms with Gasteiger partial charge in [0.25, 0.3) is 0 Å². The van der Waals surface area contributed by atoms with Gasteiger partial charge in [0.15, 0.2) is 5.82 Å². The highest BCUT2D eigenvalue weighted by molar-refractivity contribution is 6.04. The Hall–Kier alpha value is -3.02. The van der Waals surface area contributed by atoms with Crippen LogP contribution in [0.1, 0.15) is 0 Å². The Labute approximate surface area is 124 Å². The molecule has 0 radical (unpaired) electrons. The van der Waals surface area contributed by atoms with E-state index in [1.54, 1.807) is 30.7 Å². The lowest BCUT2D eigenvalue weighted by Gasteiger charge is -2.05. The van der Waals surface area contributed by atoms with E-state index >= 15 is 0 Å². The second-order valence-electron chi connectivity index (χ2n) is 4.85. The number of hydrogen-bond acceptors (Lipinski definition) is 4. The summed E-state index contributed by atoms with van der Waals surface area (Å²) in [6.45, 7) is 0. The Morgan fingerprint density at radius 2 is 2.05 bits per heavy atom. The maximum absolute atomic E-state index is 14.1. The fourth-order valence-electron chi connectivity index (χ4n) is 2.45. The Morgan fingerprint density at radius 1 is 1.14 bits per heavy atom. The first-order chi connectivity index (χ1) is 10.8. The summed E-state index contributed by atoms with van der Waals surface area (Å²) in [5.74, 6) is 0.479. The van der Waals surface area contributed by atoms with Crippen LogP contribution in [-0.2, 0) is 0 Å². The summed E-state index contributed by atoms with van der Waals surface area (Å²) in [6, 6.07) is 6.36. The van der Waals surface area contributed by atoms with Gasteiger partial charge in [-0.15, -0.1) is 0 Å². The van der Waals surface area contributed by atoms with Crippen LogP contribution in [0.2, 0.25) is 0 Å². The molecule has 3 aromatic heterocycles. The van der Waals surface area contributed by atoms with Gasteiger partial charge in [-0.2, -0.15) is 0 Å². The van der Waals surface area contributed by atoms with Crippen LogP contribution < -0.4 is 4.74 Å². The molecule has 22 heavy (non-hydrogen) atoms. The molecule has 0 fully saturated rings. The number of aromatic amines is 1. The van der Waals surface area contributed by atoms with Crippen molar-refractivity contribution in [3.8, 4) is 17.1 Å². The van der Waals surface area contributed by atoms with Crippen LogP contribution in [0.15, 0.2) is 42.9 Å². The van der Waals surface area contributed by atoms with Crippen LogP contribution in [0, 0.1) is 5.82 Å². The van der Waals surface area contributed by atoms with Crippen LogP contribution in [0.5, 0.6) is 5.75 Å². The second kappa shape index (κ2) is 4.77. The van der Waals surface area contributed by atoms with Crippen LogP contribution in [0.4, 0.5) is 4.39 Å². The Balaban J connectivity index is 1.98. The van der Waals surface area contributed by atoms with E-state index < -0.39 is 5.82 Å². The van der Waals surface area contributed by atoms with Crippen molar-refractivity contribution in [3.63, 3.8) is 0 Å². The minimum Gasteiger partial charge on any atom is -0.497 e. The molecule has 0 saturated heterocycles. The van der Waals surface area contributed by atoms with Crippen molar-refractivity contribution in [1.82, 2.24) is 19.9 Å². The number of ether oxygens (including phenoxy) is 1. The number of hydrogen-bond donors (Lipinski definition) is 1. The predicted molar refractivity (Wildman–Crippen MR) is 81.1 cm³/mol. The molecular formula is C16H11FN4O. The van der Waals surface area contributed by atoms with E-state index in [9.17, 15) is 4.39 Å². The zero-order valence-corrected chi connectivity index (χ0v) is 11.7. The standard InChI is InChI=1S/C16H11FN4O/c1-22-9-2-3-12(17)10(6-9)16-19-8-14-15(21-16)11-7-18-5-4-13(11)20-14/h2-8,20H,1H3. The van der Waals surface area contributed by atoms with Gasteiger partial charge in [-0.3, -0.25) is 4.98 Å². The van der Waals surface area contributed by atoms with Gasteiger partial charge >= 0.3 is 0 Å². The van der Waals surface area contributed by atoms with Crippen molar-refractivity contribution in [2.45, 2.75) is 0 Å². The lowest BCUT2D eigenvalue weighted by molar-refractivity contribution is 0.414. The minimum atomic E-state index is -0.391. The molecule has 0 amide bonds. The number of rotatable bonds is 2. The van der Waals surface area contributed by atoms with E-state index in [1.807, 2.05) is 6.07 Å². The second-order valence-corrected chi connectivity index (χ2v) is 4.85. The molecule has 0 atom stereocenters. The van der Waals surface area contributed by atoms with Crippen LogP contribution >= 0.6 is 0 Å². The molecule has 1 N–H and O–H groups in total. The van der Waals surface area contributed by atoms with Crippen molar-refractivity contribution in [2.24, 2.45) is 0 Å². The van der Waals surface area contributed by atoms with E-state index in [4.69, 9.17) is 4.74 Å². The first-order valence-corrected chi connectivity index (χ1v) is 6.68. The summed E-state index contributed by atoms with van der Waals surface area (Å²) in [5.41, 5.74) is 2.73. The van der Waals surface area contributed by atoms with Crippen molar-refractivity contribution >= 4 is 21.9 Å². The van der Waals surface area contributed by atoms with Crippen LogP contribution in [0.25, 0.3) is 33.3 Å². The highest BCUT2D eigenvalue weighted by Crippen LogP contribution is 2.28. The zero-order valence-electron chi connectivity index (χ0n) is 11.7. The van der Waals surface area contributed by atoms with Crippen LogP contribution in [0.3, 0.4) is 0 Å². The molecule has 6 heteroatoms. The molecule has 0 aliphatic rings. The van der Waals surface area contributed by atoms with E-state index in [0.29, 0.717) is 17.1 Å². The fraction of sp³-hybridized carbons (Fsp3) is 0.0625. The zero-order chi connectivity index (χ0) is 15.1. The summed E-state index contributed by atoms with van der Waals surface area (Å²) in [4.78, 5) is 16.1. The number of aromatic nitrogens is 4. The predicted octanol–water partition coefficient (Wildman–Crippen LogP) is 3.32. The van der Waals surface area contributed by atoms with Crippen molar-refractivity contribution < 1.29 is 9.13 Å². The molecule has 5 nitrogen and oxygen atoms in total. The van der Waals surface area contributed by atoms with Gasteiger partial charge < -0.3 is 9.72 Å². The lowest BCUT2D eigenvalue weighted by Crippen LogP contribution is -1.93. The van der Waals surface area contributed by atoms with Gasteiger partial charge in [-0.25, -0.2) is 14.4 Å². The Bertz CT molecular complexity index is 996. The van der Waals surface area contributed by atoms with Gasteiger partial charge in [-0.1, -0.05) is 0 Å². The van der Waals surface area contributed by atoms with Gasteiger partial charge in [0.1, 0.15) is 17.1 Å². The average molecular weight is 294 g/mol. The normalized spacial score (nSPS) is 11.2. The van der Waals surface area contributed by atoms with E-state index in [0.717, 1.165) is 21.9 Å². The molecule has 4 rings (SSSR count). The Kier molecular flexibility index (Phi) is 2.75. The van der Waals surface area contributed by atoms with Gasteiger partial charge in [0.05, 0.1) is 29.9 Å². The van der Waals surface area contributed by atoms with E-state index in [2.05, 4.69) is 19.9 Å². The first-order valence-electron chi connectivity index (χ1n) is 6.68. The number of nitrogens with one attached hydrogen (secondary N) is 1. The molecule has 0 aliphatic carbocycles. The lowest BCUT2D eigenvalue weighted by atomic mass is 10.2. The average Bonchev–Trinajstić information content (AvgIpc) is 2.93. The number of nitrogens with zero attached hydrogens (tertiary/aromatic N) is 3. The summed E-state index contributed by atoms with van der Waals surface area (Å²) in [7, 11) is 1.53. The summed E-state index contributed by atoms with van der Waals surface area (Å²) < 4.78 is 19.2. The van der Waals surface area contributed by atoms with Gasteiger partial charge in [0, 0.05) is 17.8 Å². The molecule has 0 aliphatic heterocycles. The number of pyridine rings is 1. The summed E-state index contributed by atoms with van der Waals surface area (Å²) in [6.07, 6.45) is 5.08. The third kappa shape index (κ3) is 1.88. The first kappa shape index (κ1) is 12.7. The molecule has 108 valence electrons. The SMILES string of the molecule is COc1ccc(F)c(-c2ncc3[nH]c4ccncc4c3n2)c1. The number of methoxy groups -OCH3 is 1. The molecule has 0 unspecified atom stereocenters. The number of H-pyrrole nitrogens is 1. The summed E-state index contributed by atoms with van der Waals surface area (Å²) >= 11 is 0. The van der Waals surface area contributed by atoms with Gasteiger partial charge in [0.2, 0.25) is 0 Å². The number of halogens is 1. The monoisotopic (exact) mass is 294 g/mol. The van der Waals surface area contributed by atoms with E-state index in [-0.39, 0.29) is 0 Å². The third-order valence-corrected chi connectivity index (χ3v) is 3.55. The topological polar surface area (TPSA) is 63.7 Å². The molecular weight excluding hydrogens is 283 g/mol. The molecule has 3 heterocycles. The smallest absolute Gasteiger partial charge is 0.163 e. The largest absolute Gasteiger partial charge is 0.497 e. The highest BCUT2D eigenvalue weighted by Gasteiger charge is 2.13. The Morgan fingerprint density at radius 3 is 2.91 bits per heavy atom. The molecule has 0 bridgehead atoms. The highest BCUT2D eigenvalue weighted by atomic mass is 19.1. The van der Waals surface area contributed by atoms with Gasteiger partial charge in [-0.05, 0) is 24.3 Å². The van der Waals surface area contributed by atoms with E-state index in [1.165, 1.54) is 13.2 Å². The maximum atomic E-state index is 14.1. The number of benzene rings is 1. The number of fused-ring (bicyclic) bond motifs is 3.